The highest BCUT2D eigenvalue weighted by Gasteiger charge is 2.15. The van der Waals surface area contributed by atoms with Crippen LogP contribution in [0.4, 0.5) is 5.82 Å². The fourth-order valence-corrected chi connectivity index (χ4v) is 1.77. The van der Waals surface area contributed by atoms with Crippen molar-refractivity contribution in [2.75, 3.05) is 5.32 Å². The maximum absolute atomic E-state index is 11.1. The highest BCUT2D eigenvalue weighted by Crippen LogP contribution is 2.21. The van der Waals surface area contributed by atoms with Crippen molar-refractivity contribution in [2.24, 2.45) is 0 Å². The van der Waals surface area contributed by atoms with Crippen LogP contribution in [-0.2, 0) is 0 Å². The molecule has 0 radical (unpaired) electrons. The van der Waals surface area contributed by atoms with E-state index in [1.54, 1.807) is 30.3 Å². The van der Waals surface area contributed by atoms with Crippen LogP contribution in [0, 0.1) is 12.3 Å². The zero-order chi connectivity index (χ0) is 14.0. The predicted molar refractivity (Wildman–Crippen MR) is 75.2 cm³/mol. The molecule has 0 aliphatic heterocycles. The van der Waals surface area contributed by atoms with Gasteiger partial charge in [0.2, 0.25) is 0 Å². The van der Waals surface area contributed by atoms with E-state index in [0.29, 0.717) is 16.7 Å². The Bertz CT molecular complexity index is 684. The second kappa shape index (κ2) is 4.62. The number of nitrogens with zero attached hydrogens (tertiary/aromatic N) is 1. The van der Waals surface area contributed by atoms with Gasteiger partial charge in [-0.05, 0) is 38.1 Å². The number of rotatable bonds is 3. The van der Waals surface area contributed by atoms with Crippen LogP contribution in [0.15, 0.2) is 30.3 Å². The third-order valence-corrected chi connectivity index (χ3v) is 2.76. The molecule has 0 fully saturated rings. The number of nitrogens with one attached hydrogen (secondary N) is 1. The lowest BCUT2D eigenvalue weighted by atomic mass is 10.1. The third-order valence-electron chi connectivity index (χ3n) is 2.76. The van der Waals surface area contributed by atoms with Gasteiger partial charge in [-0.15, -0.1) is 6.42 Å². The molecule has 1 heterocycles. The number of aromatic nitrogens is 1. The van der Waals surface area contributed by atoms with Crippen molar-refractivity contribution in [1.29, 1.82) is 0 Å². The van der Waals surface area contributed by atoms with Crippen LogP contribution in [0.2, 0.25) is 0 Å². The van der Waals surface area contributed by atoms with Gasteiger partial charge in [0.05, 0.1) is 16.6 Å². The lowest BCUT2D eigenvalue weighted by Crippen LogP contribution is -2.28. The van der Waals surface area contributed by atoms with Crippen LogP contribution in [0.3, 0.4) is 0 Å². The molecule has 2 rings (SSSR count). The van der Waals surface area contributed by atoms with E-state index < -0.39 is 11.5 Å². The topological polar surface area (TPSA) is 62.2 Å². The molecule has 0 aliphatic carbocycles. The largest absolute Gasteiger partial charge is 0.478 e. The summed E-state index contributed by atoms with van der Waals surface area (Å²) in [6, 6.07) is 8.48. The smallest absolute Gasteiger partial charge is 0.336 e. The molecule has 0 saturated heterocycles. The number of anilines is 1. The van der Waals surface area contributed by atoms with Gasteiger partial charge in [0.15, 0.2) is 0 Å². The second-order valence-corrected chi connectivity index (χ2v) is 4.77. The maximum Gasteiger partial charge on any atom is 0.336 e. The van der Waals surface area contributed by atoms with Gasteiger partial charge in [0.1, 0.15) is 5.82 Å². The molecule has 0 unspecified atom stereocenters. The minimum absolute atomic E-state index is 0.243. The average Bonchev–Trinajstić information content (AvgIpc) is 2.37. The minimum atomic E-state index is -0.961. The molecule has 96 valence electrons. The molecule has 0 spiro atoms. The first-order valence-corrected chi connectivity index (χ1v) is 5.82. The molecule has 2 N–H and O–H groups in total. The molecular formula is C15H14N2O2. The van der Waals surface area contributed by atoms with Crippen LogP contribution < -0.4 is 5.32 Å². The van der Waals surface area contributed by atoms with E-state index in [2.05, 4.69) is 16.2 Å². The van der Waals surface area contributed by atoms with Gasteiger partial charge in [0, 0.05) is 5.39 Å². The van der Waals surface area contributed by atoms with Gasteiger partial charge >= 0.3 is 5.97 Å². The molecule has 0 atom stereocenters. The highest BCUT2D eigenvalue weighted by atomic mass is 16.4. The number of hydrogen-bond acceptors (Lipinski definition) is 3. The van der Waals surface area contributed by atoms with Crippen molar-refractivity contribution in [3.8, 4) is 12.3 Å². The van der Waals surface area contributed by atoms with Gasteiger partial charge in [-0.3, -0.25) is 0 Å². The number of benzene rings is 1. The number of terminal acetylenes is 1. The first-order valence-electron chi connectivity index (χ1n) is 5.82. The molecule has 4 nitrogen and oxygen atoms in total. The second-order valence-electron chi connectivity index (χ2n) is 4.77. The fourth-order valence-electron chi connectivity index (χ4n) is 1.77. The summed E-state index contributed by atoms with van der Waals surface area (Å²) in [6.07, 6.45) is 5.41. The summed E-state index contributed by atoms with van der Waals surface area (Å²) in [6.45, 7) is 3.74. The van der Waals surface area contributed by atoms with E-state index in [0.717, 1.165) is 0 Å². The molecule has 0 amide bonds. The normalized spacial score (nSPS) is 11.0. The highest BCUT2D eigenvalue weighted by molar-refractivity contribution is 6.02. The van der Waals surface area contributed by atoms with Gasteiger partial charge in [-0.25, -0.2) is 9.78 Å². The average molecular weight is 254 g/mol. The van der Waals surface area contributed by atoms with Crippen molar-refractivity contribution in [3.63, 3.8) is 0 Å². The van der Waals surface area contributed by atoms with Gasteiger partial charge in [0.25, 0.3) is 0 Å². The Morgan fingerprint density at radius 3 is 2.74 bits per heavy atom. The summed E-state index contributed by atoms with van der Waals surface area (Å²) in [7, 11) is 0. The number of hydrogen-bond donors (Lipinski definition) is 2. The Balaban J connectivity index is 2.49. The van der Waals surface area contributed by atoms with Crippen molar-refractivity contribution in [3.05, 3.63) is 35.9 Å². The van der Waals surface area contributed by atoms with Crippen LogP contribution >= 0.6 is 0 Å². The van der Waals surface area contributed by atoms with Crippen molar-refractivity contribution in [1.82, 2.24) is 4.98 Å². The summed E-state index contributed by atoms with van der Waals surface area (Å²) in [5.74, 6) is 2.28. The van der Waals surface area contributed by atoms with Crippen LogP contribution in [0.5, 0.6) is 0 Å². The number of pyridine rings is 1. The molecule has 4 heteroatoms. The number of carboxylic acids is 1. The van der Waals surface area contributed by atoms with Crippen LogP contribution in [0.1, 0.15) is 24.2 Å². The minimum Gasteiger partial charge on any atom is -0.478 e. The van der Waals surface area contributed by atoms with E-state index in [4.69, 9.17) is 11.5 Å². The Hall–Kier alpha value is -2.54. The van der Waals surface area contributed by atoms with Crippen molar-refractivity contribution >= 4 is 22.7 Å². The molecule has 1 aromatic heterocycles. The molecule has 1 aromatic carbocycles. The van der Waals surface area contributed by atoms with Crippen LogP contribution in [-0.4, -0.2) is 21.6 Å². The monoisotopic (exact) mass is 254 g/mol. The Kier molecular flexibility index (Phi) is 3.14. The van der Waals surface area contributed by atoms with E-state index in [1.165, 1.54) is 0 Å². The van der Waals surface area contributed by atoms with Gasteiger partial charge in [-0.1, -0.05) is 12.0 Å². The third kappa shape index (κ3) is 2.66. The van der Waals surface area contributed by atoms with Crippen molar-refractivity contribution in [2.45, 2.75) is 19.4 Å². The molecule has 0 saturated carbocycles. The Morgan fingerprint density at radius 2 is 2.11 bits per heavy atom. The first-order chi connectivity index (χ1) is 8.93. The lowest BCUT2D eigenvalue weighted by molar-refractivity contribution is 0.0699. The first kappa shape index (κ1) is 12.9. The zero-order valence-corrected chi connectivity index (χ0v) is 10.8. The molecule has 2 aromatic rings. The number of fused-ring (bicyclic) bond motifs is 1. The van der Waals surface area contributed by atoms with E-state index >= 15 is 0 Å². The zero-order valence-electron chi connectivity index (χ0n) is 10.8. The summed E-state index contributed by atoms with van der Waals surface area (Å²) >= 11 is 0. The SMILES string of the molecule is C#CC(C)(C)Nc1ccc2c(C(=O)O)cccc2n1. The maximum atomic E-state index is 11.1. The predicted octanol–water partition coefficient (Wildman–Crippen LogP) is 2.76. The number of carbonyl (C=O) groups is 1. The molecule has 0 bridgehead atoms. The number of aromatic carboxylic acids is 1. The lowest BCUT2D eigenvalue weighted by Gasteiger charge is -2.20. The van der Waals surface area contributed by atoms with Crippen LogP contribution in [0.25, 0.3) is 10.9 Å². The molecule has 0 aliphatic rings. The summed E-state index contributed by atoms with van der Waals surface area (Å²) in [4.78, 5) is 15.5. The van der Waals surface area contributed by atoms with E-state index in [1.807, 2.05) is 13.8 Å². The van der Waals surface area contributed by atoms with Gasteiger partial charge in [-0.2, -0.15) is 0 Å². The molecule has 19 heavy (non-hydrogen) atoms. The fraction of sp³-hybridized carbons (Fsp3) is 0.200. The Labute approximate surface area is 111 Å². The summed E-state index contributed by atoms with van der Waals surface area (Å²) < 4.78 is 0. The summed E-state index contributed by atoms with van der Waals surface area (Å²) in [5.41, 5.74) is 0.357. The van der Waals surface area contributed by atoms with E-state index in [9.17, 15) is 4.79 Å². The molecular weight excluding hydrogens is 240 g/mol. The summed E-state index contributed by atoms with van der Waals surface area (Å²) in [5, 5.41) is 12.8. The van der Waals surface area contributed by atoms with Crippen molar-refractivity contribution < 1.29 is 9.90 Å². The van der Waals surface area contributed by atoms with Gasteiger partial charge < -0.3 is 10.4 Å². The Morgan fingerprint density at radius 1 is 1.37 bits per heavy atom. The quantitative estimate of drug-likeness (QED) is 0.827. The van der Waals surface area contributed by atoms with E-state index in [-0.39, 0.29) is 5.56 Å². The number of carboxylic acid groups (broad SMARTS) is 1. The standard InChI is InChI=1S/C15H14N2O2/c1-4-15(2,3)17-13-9-8-10-11(14(18)19)6-5-7-12(10)16-13/h1,5-9H,2-3H3,(H,16,17)(H,18,19).